The lowest BCUT2D eigenvalue weighted by Crippen LogP contribution is -1.96. The fourth-order valence-electron chi connectivity index (χ4n) is 1.05. The van der Waals surface area contributed by atoms with Gasteiger partial charge in [0.05, 0.1) is 5.56 Å². The van der Waals surface area contributed by atoms with Crippen molar-refractivity contribution in [3.05, 3.63) is 42.2 Å². The van der Waals surface area contributed by atoms with Gasteiger partial charge < -0.3 is 5.11 Å². The van der Waals surface area contributed by atoms with Crippen molar-refractivity contribution < 1.29 is 9.90 Å². The highest BCUT2D eigenvalue weighted by atomic mass is 32.2. The molecule has 0 aliphatic rings. The Kier molecular flexibility index (Phi) is 3.11. The second-order valence-electron chi connectivity index (χ2n) is 2.85. The van der Waals surface area contributed by atoms with Crippen molar-refractivity contribution in [1.82, 2.24) is 15.2 Å². The number of hydrogen-bond acceptors (Lipinski definition) is 5. The largest absolute Gasteiger partial charge is 0.478 e. The van der Waals surface area contributed by atoms with Gasteiger partial charge in [0.25, 0.3) is 0 Å². The van der Waals surface area contributed by atoms with Crippen LogP contribution >= 0.6 is 11.8 Å². The first-order valence-corrected chi connectivity index (χ1v) is 5.22. The number of carboxylic acids is 1. The predicted molar refractivity (Wildman–Crippen MR) is 57.4 cm³/mol. The zero-order valence-corrected chi connectivity index (χ0v) is 8.89. The summed E-state index contributed by atoms with van der Waals surface area (Å²) in [5.74, 6) is -0.969. The second kappa shape index (κ2) is 4.71. The van der Waals surface area contributed by atoms with Gasteiger partial charge in [-0.15, -0.1) is 5.10 Å². The van der Waals surface area contributed by atoms with Crippen molar-refractivity contribution in [3.8, 4) is 0 Å². The summed E-state index contributed by atoms with van der Waals surface area (Å²) in [5.41, 5.74) is 0.210. The topological polar surface area (TPSA) is 76.0 Å². The van der Waals surface area contributed by atoms with Crippen LogP contribution in [0.2, 0.25) is 0 Å². The molecule has 0 atom stereocenters. The van der Waals surface area contributed by atoms with Gasteiger partial charge in [-0.25, -0.2) is 9.78 Å². The molecular formula is C10H7N3O2S. The minimum atomic E-state index is -0.969. The molecule has 0 bridgehead atoms. The van der Waals surface area contributed by atoms with E-state index in [0.29, 0.717) is 10.1 Å². The lowest BCUT2D eigenvalue weighted by Gasteiger charge is -1.99. The van der Waals surface area contributed by atoms with Gasteiger partial charge in [-0.1, -0.05) is 0 Å². The lowest BCUT2D eigenvalue weighted by atomic mass is 10.3. The van der Waals surface area contributed by atoms with Crippen molar-refractivity contribution in [2.75, 3.05) is 0 Å². The summed E-state index contributed by atoms with van der Waals surface area (Å²) in [4.78, 5) is 14.8. The number of hydrogen-bond donors (Lipinski definition) is 1. The maximum absolute atomic E-state index is 10.7. The molecule has 5 nitrogen and oxygen atoms in total. The van der Waals surface area contributed by atoms with Crippen LogP contribution in [0.4, 0.5) is 0 Å². The molecule has 0 aliphatic carbocycles. The summed E-state index contributed by atoms with van der Waals surface area (Å²) in [6.07, 6.45) is 3.04. The molecule has 0 aromatic carbocycles. The van der Waals surface area contributed by atoms with Crippen LogP contribution in [0, 0.1) is 0 Å². The number of pyridine rings is 1. The summed E-state index contributed by atoms with van der Waals surface area (Å²) >= 11 is 1.27. The van der Waals surface area contributed by atoms with Crippen molar-refractivity contribution >= 4 is 17.7 Å². The Morgan fingerprint density at radius 2 is 2.12 bits per heavy atom. The third-order valence-electron chi connectivity index (χ3n) is 1.74. The van der Waals surface area contributed by atoms with Gasteiger partial charge >= 0.3 is 5.97 Å². The van der Waals surface area contributed by atoms with E-state index < -0.39 is 5.97 Å². The normalized spacial score (nSPS) is 10.0. The summed E-state index contributed by atoms with van der Waals surface area (Å²) in [6.45, 7) is 0. The maximum atomic E-state index is 10.7. The average molecular weight is 233 g/mol. The zero-order valence-electron chi connectivity index (χ0n) is 8.07. The number of carboxylic acid groups (broad SMARTS) is 1. The Morgan fingerprint density at radius 1 is 1.25 bits per heavy atom. The predicted octanol–water partition coefficient (Wildman–Crippen LogP) is 1.72. The van der Waals surface area contributed by atoms with E-state index in [4.69, 9.17) is 5.11 Å². The van der Waals surface area contributed by atoms with E-state index in [1.54, 1.807) is 18.3 Å². The smallest absolute Gasteiger partial charge is 0.335 e. The van der Waals surface area contributed by atoms with Crippen LogP contribution in [-0.2, 0) is 0 Å². The molecule has 0 aliphatic heterocycles. The van der Waals surface area contributed by atoms with Crippen molar-refractivity contribution in [2.45, 2.75) is 10.1 Å². The molecule has 0 unspecified atom stereocenters. The Labute approximate surface area is 95.6 Å². The van der Waals surface area contributed by atoms with Crippen LogP contribution in [0.1, 0.15) is 10.4 Å². The highest BCUT2D eigenvalue weighted by molar-refractivity contribution is 7.99. The monoisotopic (exact) mass is 233 g/mol. The molecule has 2 aromatic rings. The summed E-state index contributed by atoms with van der Waals surface area (Å²) in [6, 6.07) is 6.49. The van der Waals surface area contributed by atoms with Crippen LogP contribution in [0.25, 0.3) is 0 Å². The van der Waals surface area contributed by atoms with E-state index in [-0.39, 0.29) is 5.56 Å². The highest BCUT2D eigenvalue weighted by Crippen LogP contribution is 2.23. The van der Waals surface area contributed by atoms with Crippen LogP contribution in [0.5, 0.6) is 0 Å². The fraction of sp³-hybridized carbons (Fsp3) is 0. The van der Waals surface area contributed by atoms with Crippen LogP contribution < -0.4 is 0 Å². The first kappa shape index (κ1) is 10.6. The molecule has 0 amide bonds. The molecule has 2 heterocycles. The summed E-state index contributed by atoms with van der Waals surface area (Å²) < 4.78 is 0. The fourth-order valence-corrected chi connectivity index (χ4v) is 1.80. The molecule has 1 N–H and O–H groups in total. The van der Waals surface area contributed by atoms with Crippen LogP contribution in [0.15, 0.2) is 46.7 Å². The molecule has 0 saturated heterocycles. The number of rotatable bonds is 3. The molecule has 0 saturated carbocycles. The highest BCUT2D eigenvalue weighted by Gasteiger charge is 2.05. The Morgan fingerprint density at radius 3 is 2.81 bits per heavy atom. The third kappa shape index (κ3) is 2.54. The number of aromatic nitrogens is 3. The molecule has 2 rings (SSSR count). The molecular weight excluding hydrogens is 226 g/mol. The van der Waals surface area contributed by atoms with E-state index >= 15 is 0 Å². The first-order valence-electron chi connectivity index (χ1n) is 4.40. The minimum absolute atomic E-state index is 0.210. The van der Waals surface area contributed by atoms with E-state index in [1.807, 2.05) is 0 Å². The Hall–Kier alpha value is -1.95. The molecule has 0 radical (unpaired) electrons. The first-order chi connectivity index (χ1) is 7.75. The zero-order chi connectivity index (χ0) is 11.4. The molecule has 2 aromatic heterocycles. The van der Waals surface area contributed by atoms with Gasteiger partial charge in [-0.3, -0.25) is 0 Å². The van der Waals surface area contributed by atoms with Gasteiger partial charge in [0.2, 0.25) is 0 Å². The van der Waals surface area contributed by atoms with Gasteiger partial charge in [-0.2, -0.15) is 5.10 Å². The van der Waals surface area contributed by atoms with Crippen molar-refractivity contribution in [3.63, 3.8) is 0 Å². The van der Waals surface area contributed by atoms with Crippen LogP contribution in [0.3, 0.4) is 0 Å². The molecule has 0 fully saturated rings. The minimum Gasteiger partial charge on any atom is -0.478 e. The summed E-state index contributed by atoms with van der Waals surface area (Å²) in [7, 11) is 0. The van der Waals surface area contributed by atoms with E-state index in [1.165, 1.54) is 30.1 Å². The number of nitrogens with zero attached hydrogens (tertiary/aromatic N) is 3. The number of carbonyl (C=O) groups is 1. The number of aromatic carboxylic acids is 1. The average Bonchev–Trinajstić information content (AvgIpc) is 2.30. The Balaban J connectivity index is 2.22. The SMILES string of the molecule is O=C(O)c1ccnc(Sc2cccnn2)c1. The van der Waals surface area contributed by atoms with E-state index in [2.05, 4.69) is 15.2 Å². The van der Waals surface area contributed by atoms with E-state index in [9.17, 15) is 4.79 Å². The molecule has 0 spiro atoms. The molecule has 80 valence electrons. The van der Waals surface area contributed by atoms with Crippen molar-refractivity contribution in [2.24, 2.45) is 0 Å². The second-order valence-corrected chi connectivity index (χ2v) is 3.89. The Bertz CT molecular complexity index is 504. The lowest BCUT2D eigenvalue weighted by molar-refractivity contribution is 0.0696. The molecule has 16 heavy (non-hydrogen) atoms. The quantitative estimate of drug-likeness (QED) is 0.869. The molecule has 6 heteroatoms. The van der Waals surface area contributed by atoms with Gasteiger partial charge in [0, 0.05) is 12.4 Å². The standard InChI is InChI=1S/C10H7N3O2S/c14-10(15)7-3-5-11-9(6-7)16-8-2-1-4-12-13-8/h1-6H,(H,14,15). The van der Waals surface area contributed by atoms with Gasteiger partial charge in [0.1, 0.15) is 10.1 Å². The van der Waals surface area contributed by atoms with Crippen molar-refractivity contribution in [1.29, 1.82) is 0 Å². The van der Waals surface area contributed by atoms with Crippen LogP contribution in [-0.4, -0.2) is 26.3 Å². The summed E-state index contributed by atoms with van der Waals surface area (Å²) in [5, 5.41) is 17.7. The third-order valence-corrected chi connectivity index (χ3v) is 2.60. The van der Waals surface area contributed by atoms with Gasteiger partial charge in [-0.05, 0) is 36.0 Å². The maximum Gasteiger partial charge on any atom is 0.335 e. The van der Waals surface area contributed by atoms with Gasteiger partial charge in [0.15, 0.2) is 0 Å². The van der Waals surface area contributed by atoms with E-state index in [0.717, 1.165) is 0 Å².